The molecule has 1 aromatic heterocycles. The van der Waals surface area contributed by atoms with Crippen LogP contribution in [0.25, 0.3) is 16.9 Å². The number of aryl methyl sites for hydroxylation is 1. The Balaban J connectivity index is 1.77. The van der Waals surface area contributed by atoms with Crippen LogP contribution in [-0.4, -0.2) is 36.0 Å². The lowest BCUT2D eigenvalue weighted by Crippen LogP contribution is -2.44. The lowest BCUT2D eigenvalue weighted by Gasteiger charge is -2.32. The molecule has 2 heterocycles. The van der Waals surface area contributed by atoms with Crippen molar-refractivity contribution in [3.05, 3.63) is 65.7 Å². The number of nitriles is 1. The van der Waals surface area contributed by atoms with Gasteiger partial charge < -0.3 is 10.2 Å². The van der Waals surface area contributed by atoms with Gasteiger partial charge in [-0.3, -0.25) is 0 Å². The summed E-state index contributed by atoms with van der Waals surface area (Å²) in [6.07, 6.45) is 2.36. The van der Waals surface area contributed by atoms with E-state index in [0.717, 1.165) is 42.3 Å². The van der Waals surface area contributed by atoms with E-state index in [1.54, 1.807) is 0 Å². The van der Waals surface area contributed by atoms with Gasteiger partial charge >= 0.3 is 0 Å². The van der Waals surface area contributed by atoms with Gasteiger partial charge in [0.05, 0.1) is 23.0 Å². The molecule has 142 valence electrons. The summed E-state index contributed by atoms with van der Waals surface area (Å²) in [5, 5.41) is 17.5. The topological polar surface area (TPSA) is 56.9 Å². The normalized spacial score (nSPS) is 16.8. The fourth-order valence-corrected chi connectivity index (χ4v) is 3.75. The van der Waals surface area contributed by atoms with Crippen LogP contribution in [0.5, 0.6) is 0 Å². The minimum Gasteiger partial charge on any atom is -0.354 e. The van der Waals surface area contributed by atoms with Gasteiger partial charge in [0.2, 0.25) is 0 Å². The van der Waals surface area contributed by atoms with Gasteiger partial charge in [-0.1, -0.05) is 29.8 Å². The number of anilines is 1. The van der Waals surface area contributed by atoms with E-state index in [9.17, 15) is 0 Å². The highest BCUT2D eigenvalue weighted by Crippen LogP contribution is 2.29. The highest BCUT2D eigenvalue weighted by molar-refractivity contribution is 5.67. The third-order valence-corrected chi connectivity index (χ3v) is 5.44. The number of rotatable bonds is 4. The number of piperidine rings is 1. The van der Waals surface area contributed by atoms with Gasteiger partial charge in [-0.25, -0.2) is 4.68 Å². The van der Waals surface area contributed by atoms with Crippen molar-refractivity contribution in [1.29, 1.82) is 5.26 Å². The Morgan fingerprint density at radius 2 is 1.86 bits per heavy atom. The lowest BCUT2D eigenvalue weighted by atomic mass is 10.1. The zero-order chi connectivity index (χ0) is 19.5. The second kappa shape index (κ2) is 7.87. The average molecular weight is 371 g/mol. The summed E-state index contributed by atoms with van der Waals surface area (Å²) in [5.74, 6) is 1.000. The second-order valence-electron chi connectivity index (χ2n) is 7.40. The molecule has 1 saturated heterocycles. The maximum Gasteiger partial charge on any atom is 0.151 e. The number of likely N-dealkylation sites (N-methyl/N-ethyl adjacent to an activating group) is 1. The molecule has 2 aromatic carbocycles. The third-order valence-electron chi connectivity index (χ3n) is 5.44. The van der Waals surface area contributed by atoms with Gasteiger partial charge in [0, 0.05) is 30.8 Å². The fourth-order valence-electron chi connectivity index (χ4n) is 3.75. The number of nitrogens with zero attached hydrogens (tertiary/aromatic N) is 4. The molecule has 0 bridgehead atoms. The lowest BCUT2D eigenvalue weighted by molar-refractivity contribution is 0.447. The van der Waals surface area contributed by atoms with E-state index in [1.165, 1.54) is 12.0 Å². The maximum atomic E-state index is 9.10. The van der Waals surface area contributed by atoms with Gasteiger partial charge in [-0.15, -0.1) is 5.10 Å². The van der Waals surface area contributed by atoms with E-state index >= 15 is 0 Å². The predicted molar refractivity (Wildman–Crippen MR) is 113 cm³/mol. The molecule has 0 amide bonds. The molecule has 0 saturated carbocycles. The molecular formula is C23H25N5. The van der Waals surface area contributed by atoms with E-state index in [4.69, 9.17) is 10.4 Å². The van der Waals surface area contributed by atoms with Gasteiger partial charge in [-0.2, -0.15) is 5.26 Å². The van der Waals surface area contributed by atoms with E-state index in [0.29, 0.717) is 11.6 Å². The van der Waals surface area contributed by atoms with Crippen molar-refractivity contribution in [2.75, 3.05) is 25.0 Å². The Hall–Kier alpha value is -3.10. The number of nitrogens with one attached hydrogen (secondary N) is 1. The minimum atomic E-state index is 0.497. The zero-order valence-corrected chi connectivity index (χ0v) is 16.4. The average Bonchev–Trinajstić information content (AvgIpc) is 3.20. The molecule has 1 aliphatic rings. The molecule has 0 spiro atoms. The first-order valence-electron chi connectivity index (χ1n) is 9.78. The molecule has 28 heavy (non-hydrogen) atoms. The quantitative estimate of drug-likeness (QED) is 0.755. The summed E-state index contributed by atoms with van der Waals surface area (Å²) in [7, 11) is 2.03. The summed E-state index contributed by atoms with van der Waals surface area (Å²) in [6.45, 7) is 4.08. The summed E-state index contributed by atoms with van der Waals surface area (Å²) >= 11 is 0. The Bertz CT molecular complexity index is 979. The molecule has 0 unspecified atom stereocenters. The van der Waals surface area contributed by atoms with Gasteiger partial charge in [0.15, 0.2) is 5.82 Å². The van der Waals surface area contributed by atoms with Crippen LogP contribution in [0.15, 0.2) is 54.6 Å². The van der Waals surface area contributed by atoms with Crippen molar-refractivity contribution >= 4 is 5.82 Å². The van der Waals surface area contributed by atoms with Crippen LogP contribution >= 0.6 is 0 Å². The van der Waals surface area contributed by atoms with Gasteiger partial charge in [0.25, 0.3) is 0 Å². The van der Waals surface area contributed by atoms with Crippen molar-refractivity contribution in [3.63, 3.8) is 0 Å². The molecule has 4 rings (SSSR count). The van der Waals surface area contributed by atoms with Crippen molar-refractivity contribution in [2.24, 2.45) is 0 Å². The smallest absolute Gasteiger partial charge is 0.151 e. The first-order chi connectivity index (χ1) is 13.7. The third kappa shape index (κ3) is 3.64. The van der Waals surface area contributed by atoms with E-state index < -0.39 is 0 Å². The standard InChI is InChI=1S/C23H25N5/c1-17-5-11-21(12-6-17)28-22(19-9-7-18(15-24)8-10-19)14-23(26-28)27-13-3-4-20(16-27)25-2/h5-12,14,20,25H,3-4,13,16H2,1-2H3/t20-/m1/s1. The van der Waals surface area contributed by atoms with Crippen molar-refractivity contribution in [3.8, 4) is 23.0 Å². The maximum absolute atomic E-state index is 9.10. The summed E-state index contributed by atoms with van der Waals surface area (Å²) in [6, 6.07) is 21.0. The van der Waals surface area contributed by atoms with Crippen LogP contribution in [0.4, 0.5) is 5.82 Å². The number of hydrogen-bond donors (Lipinski definition) is 1. The Kier molecular flexibility index (Phi) is 5.14. The largest absolute Gasteiger partial charge is 0.354 e. The summed E-state index contributed by atoms with van der Waals surface area (Å²) < 4.78 is 2.01. The highest BCUT2D eigenvalue weighted by atomic mass is 15.4. The first-order valence-corrected chi connectivity index (χ1v) is 9.78. The molecule has 3 aromatic rings. The summed E-state index contributed by atoms with van der Waals surface area (Å²) in [5.41, 5.74) is 5.02. The molecule has 0 radical (unpaired) electrons. The number of benzene rings is 2. The molecule has 1 N–H and O–H groups in total. The zero-order valence-electron chi connectivity index (χ0n) is 16.4. The molecule has 5 nitrogen and oxygen atoms in total. The monoisotopic (exact) mass is 371 g/mol. The van der Waals surface area contributed by atoms with Crippen LogP contribution in [0.3, 0.4) is 0 Å². The van der Waals surface area contributed by atoms with Gasteiger partial charge in [-0.05, 0) is 51.1 Å². The van der Waals surface area contributed by atoms with Crippen LogP contribution in [0.1, 0.15) is 24.0 Å². The van der Waals surface area contributed by atoms with Crippen LogP contribution < -0.4 is 10.2 Å². The molecule has 0 aliphatic carbocycles. The van der Waals surface area contributed by atoms with Gasteiger partial charge in [0.1, 0.15) is 0 Å². The molecule has 1 aliphatic heterocycles. The Labute approximate surface area is 166 Å². The minimum absolute atomic E-state index is 0.497. The Morgan fingerprint density at radius 1 is 1.11 bits per heavy atom. The van der Waals surface area contributed by atoms with E-state index in [1.807, 2.05) is 36.0 Å². The number of hydrogen-bond acceptors (Lipinski definition) is 4. The highest BCUT2D eigenvalue weighted by Gasteiger charge is 2.22. The predicted octanol–water partition coefficient (Wildman–Crippen LogP) is 3.91. The molecular weight excluding hydrogens is 346 g/mol. The number of aromatic nitrogens is 2. The van der Waals surface area contributed by atoms with Crippen LogP contribution in [0, 0.1) is 18.3 Å². The van der Waals surface area contributed by atoms with E-state index in [-0.39, 0.29) is 0 Å². The summed E-state index contributed by atoms with van der Waals surface area (Å²) in [4.78, 5) is 2.36. The van der Waals surface area contributed by atoms with Crippen LogP contribution in [0.2, 0.25) is 0 Å². The molecule has 5 heteroatoms. The van der Waals surface area contributed by atoms with Crippen molar-refractivity contribution < 1.29 is 0 Å². The van der Waals surface area contributed by atoms with Crippen molar-refractivity contribution in [1.82, 2.24) is 15.1 Å². The molecule has 1 atom stereocenters. The molecule has 1 fully saturated rings. The van der Waals surface area contributed by atoms with E-state index in [2.05, 4.69) is 53.5 Å². The SMILES string of the molecule is CN[C@@H]1CCCN(c2cc(-c3ccc(C#N)cc3)n(-c3ccc(C)cc3)n2)C1. The second-order valence-corrected chi connectivity index (χ2v) is 7.40. The fraction of sp³-hybridized carbons (Fsp3) is 0.304. The Morgan fingerprint density at radius 3 is 2.54 bits per heavy atom. The van der Waals surface area contributed by atoms with Crippen LogP contribution in [-0.2, 0) is 0 Å². The van der Waals surface area contributed by atoms with Crippen molar-refractivity contribution in [2.45, 2.75) is 25.8 Å². The first kappa shape index (κ1) is 18.3.